The normalized spacial score (nSPS) is 16.1. The van der Waals surface area contributed by atoms with E-state index in [9.17, 15) is 14.0 Å². The minimum absolute atomic E-state index is 0.0655. The van der Waals surface area contributed by atoms with Crippen molar-refractivity contribution in [3.63, 3.8) is 0 Å². The lowest BCUT2D eigenvalue weighted by Crippen LogP contribution is -2.48. The summed E-state index contributed by atoms with van der Waals surface area (Å²) in [4.78, 5) is 30.6. The van der Waals surface area contributed by atoms with E-state index >= 15 is 0 Å². The Bertz CT molecular complexity index is 1500. The van der Waals surface area contributed by atoms with Gasteiger partial charge >= 0.3 is 6.03 Å². The Morgan fingerprint density at radius 1 is 0.946 bits per heavy atom. The van der Waals surface area contributed by atoms with Crippen molar-refractivity contribution in [2.75, 3.05) is 16.8 Å². The molecule has 186 valence electrons. The molecule has 2 heterocycles. The van der Waals surface area contributed by atoms with E-state index in [1.165, 1.54) is 17.0 Å². The van der Waals surface area contributed by atoms with Crippen LogP contribution in [0.25, 0.3) is 5.69 Å². The Kier molecular flexibility index (Phi) is 5.93. The van der Waals surface area contributed by atoms with E-state index in [2.05, 4.69) is 9.88 Å². The lowest BCUT2D eigenvalue weighted by Gasteiger charge is -2.39. The van der Waals surface area contributed by atoms with Crippen molar-refractivity contribution in [3.8, 4) is 5.69 Å². The van der Waals surface area contributed by atoms with Crippen LogP contribution in [0.1, 0.15) is 30.1 Å². The summed E-state index contributed by atoms with van der Waals surface area (Å²) >= 11 is 6.36. The van der Waals surface area contributed by atoms with Crippen molar-refractivity contribution >= 4 is 34.9 Å². The number of aromatic nitrogens is 1. The lowest BCUT2D eigenvalue weighted by molar-refractivity contribution is -0.119. The number of hydrogen-bond acceptors (Lipinski definition) is 2. The molecule has 1 aliphatic carbocycles. The number of rotatable bonds is 5. The largest absolute Gasteiger partial charge is 0.322 e. The third-order valence-corrected chi connectivity index (χ3v) is 7.06. The molecular weight excluding hydrogens is 491 g/mol. The topological polar surface area (TPSA) is 57.6 Å². The fourth-order valence-corrected chi connectivity index (χ4v) is 5.18. The highest BCUT2D eigenvalue weighted by Crippen LogP contribution is 2.43. The molecule has 0 bridgehead atoms. The molecule has 8 heteroatoms. The van der Waals surface area contributed by atoms with Gasteiger partial charge in [0.15, 0.2) is 0 Å². The lowest BCUT2D eigenvalue weighted by atomic mass is 9.97. The molecule has 1 aliphatic heterocycles. The first-order valence-corrected chi connectivity index (χ1v) is 12.6. The molecule has 6 rings (SSSR count). The van der Waals surface area contributed by atoms with Crippen molar-refractivity contribution in [2.45, 2.75) is 24.9 Å². The maximum Gasteiger partial charge on any atom is 0.322 e. The van der Waals surface area contributed by atoms with Gasteiger partial charge in [0.05, 0.1) is 22.8 Å². The Balaban J connectivity index is 1.37. The van der Waals surface area contributed by atoms with Gasteiger partial charge in [-0.25, -0.2) is 9.18 Å². The minimum atomic E-state index is -0.523. The third-order valence-electron chi connectivity index (χ3n) is 6.82. The molecule has 0 spiro atoms. The average Bonchev–Trinajstić information content (AvgIpc) is 3.62. The number of benzene rings is 3. The van der Waals surface area contributed by atoms with E-state index < -0.39 is 17.9 Å². The summed E-state index contributed by atoms with van der Waals surface area (Å²) in [5, 5.41) is 3.22. The first-order valence-electron chi connectivity index (χ1n) is 12.2. The number of carbonyl (C=O) groups excluding carboxylic acids is 2. The van der Waals surface area contributed by atoms with Crippen molar-refractivity contribution in [1.29, 1.82) is 0 Å². The number of amides is 3. The molecule has 1 N–H and O–H groups in total. The number of carbonyl (C=O) groups is 2. The molecule has 37 heavy (non-hydrogen) atoms. The van der Waals surface area contributed by atoms with Gasteiger partial charge in [-0.15, -0.1) is 0 Å². The summed E-state index contributed by atoms with van der Waals surface area (Å²) in [6.07, 6.45) is 3.58. The second-order valence-electron chi connectivity index (χ2n) is 9.28. The second-order valence-corrected chi connectivity index (χ2v) is 9.72. The van der Waals surface area contributed by atoms with Crippen LogP contribution in [-0.4, -0.2) is 34.0 Å². The highest BCUT2D eigenvalue weighted by atomic mass is 35.5. The number of nitrogens with zero attached hydrogens (tertiary/aromatic N) is 3. The number of halogens is 2. The van der Waals surface area contributed by atoms with Crippen LogP contribution in [0.3, 0.4) is 0 Å². The summed E-state index contributed by atoms with van der Waals surface area (Å²) in [7, 11) is 0. The summed E-state index contributed by atoms with van der Waals surface area (Å²) < 4.78 is 16.3. The van der Waals surface area contributed by atoms with Crippen molar-refractivity contribution < 1.29 is 14.0 Å². The molecule has 3 amide bonds. The van der Waals surface area contributed by atoms with Crippen LogP contribution < -0.4 is 10.2 Å². The first-order chi connectivity index (χ1) is 18.0. The molecule has 4 aromatic rings. The maximum atomic E-state index is 14.2. The molecule has 0 radical (unpaired) electrons. The van der Waals surface area contributed by atoms with Crippen LogP contribution >= 0.6 is 11.6 Å². The predicted octanol–water partition coefficient (Wildman–Crippen LogP) is 6.40. The Hall–Kier alpha value is -4.10. The fraction of sp³-hybridized carbons (Fsp3) is 0.172. The van der Waals surface area contributed by atoms with Gasteiger partial charge in [0, 0.05) is 17.3 Å². The number of anilines is 2. The highest BCUT2D eigenvalue weighted by Gasteiger charge is 2.40. The number of fused-ring (bicyclic) bond motifs is 3. The summed E-state index contributed by atoms with van der Waals surface area (Å²) in [5.41, 5.74) is 3.49. The van der Waals surface area contributed by atoms with Crippen LogP contribution in [-0.2, 0) is 4.79 Å². The van der Waals surface area contributed by atoms with Gasteiger partial charge in [0.1, 0.15) is 18.4 Å². The Morgan fingerprint density at radius 3 is 2.46 bits per heavy atom. The first kappa shape index (κ1) is 23.3. The van der Waals surface area contributed by atoms with Crippen LogP contribution in [0.5, 0.6) is 0 Å². The van der Waals surface area contributed by atoms with Gasteiger partial charge in [-0.05, 0) is 66.9 Å². The van der Waals surface area contributed by atoms with Gasteiger partial charge in [0.25, 0.3) is 0 Å². The zero-order chi connectivity index (χ0) is 25.5. The number of hydrogen-bond donors (Lipinski definition) is 1. The molecule has 1 aromatic heterocycles. The molecule has 6 nitrogen and oxygen atoms in total. The standard InChI is InChI=1S/C29H24ClFN4O2/c30-20-8-5-7-19(17-20)28-26-13-6-16-33(26)24-11-3-4-12-25(24)35(28)27(36)18-34(21-14-15-21)29(37)32-23-10-2-1-9-22(23)31/h1-13,16-17,21,28H,14-15,18H2,(H,32,37). The number of para-hydroxylation sites is 3. The van der Waals surface area contributed by atoms with E-state index in [0.29, 0.717) is 5.02 Å². The fourth-order valence-electron chi connectivity index (χ4n) is 4.98. The Morgan fingerprint density at radius 2 is 1.70 bits per heavy atom. The molecule has 3 aromatic carbocycles. The number of nitrogens with one attached hydrogen (secondary N) is 1. The SMILES string of the molecule is O=C(Nc1ccccc1F)N(CC(=O)N1c2ccccc2-n2cccc2C1c1cccc(Cl)c1)C1CC1. The van der Waals surface area contributed by atoms with Gasteiger partial charge in [-0.2, -0.15) is 0 Å². The third kappa shape index (κ3) is 4.36. The van der Waals surface area contributed by atoms with Crippen molar-refractivity contribution in [3.05, 3.63) is 113 Å². The van der Waals surface area contributed by atoms with Gasteiger partial charge in [-0.3, -0.25) is 9.69 Å². The van der Waals surface area contributed by atoms with E-state index in [4.69, 9.17) is 11.6 Å². The zero-order valence-corrected chi connectivity index (χ0v) is 20.6. The van der Waals surface area contributed by atoms with E-state index in [1.54, 1.807) is 23.1 Å². The molecule has 1 unspecified atom stereocenters. The molecule has 2 aliphatic rings. The Labute approximate surface area is 218 Å². The molecule has 1 saturated carbocycles. The van der Waals surface area contributed by atoms with E-state index in [0.717, 1.165) is 35.5 Å². The van der Waals surface area contributed by atoms with Gasteiger partial charge < -0.3 is 14.8 Å². The average molecular weight is 515 g/mol. The molecule has 1 fully saturated rings. The monoisotopic (exact) mass is 514 g/mol. The van der Waals surface area contributed by atoms with Crippen molar-refractivity contribution in [2.24, 2.45) is 0 Å². The summed E-state index contributed by atoms with van der Waals surface area (Å²) in [6.45, 7) is -0.142. The summed E-state index contributed by atoms with van der Waals surface area (Å²) in [5.74, 6) is -0.759. The quantitative estimate of drug-likeness (QED) is 0.335. The molecule has 0 saturated heterocycles. The number of urea groups is 1. The van der Waals surface area contributed by atoms with E-state index in [-0.39, 0.29) is 24.2 Å². The van der Waals surface area contributed by atoms with E-state index in [1.807, 2.05) is 60.8 Å². The maximum absolute atomic E-state index is 14.2. The minimum Gasteiger partial charge on any atom is -0.316 e. The molecule has 1 atom stereocenters. The van der Waals surface area contributed by atoms with Crippen LogP contribution in [0.15, 0.2) is 91.1 Å². The predicted molar refractivity (Wildman–Crippen MR) is 142 cm³/mol. The molecular formula is C29H24ClFN4O2. The van der Waals surface area contributed by atoms with Crippen LogP contribution in [0.2, 0.25) is 5.02 Å². The van der Waals surface area contributed by atoms with Crippen LogP contribution in [0, 0.1) is 5.82 Å². The smallest absolute Gasteiger partial charge is 0.316 e. The van der Waals surface area contributed by atoms with Crippen molar-refractivity contribution in [1.82, 2.24) is 9.47 Å². The van der Waals surface area contributed by atoms with Crippen LogP contribution in [0.4, 0.5) is 20.6 Å². The highest BCUT2D eigenvalue weighted by molar-refractivity contribution is 6.30. The van der Waals surface area contributed by atoms with Gasteiger partial charge in [0.2, 0.25) is 5.91 Å². The zero-order valence-electron chi connectivity index (χ0n) is 19.9. The summed E-state index contributed by atoms with van der Waals surface area (Å²) in [6, 6.07) is 24.1. The second kappa shape index (κ2) is 9.41. The van der Waals surface area contributed by atoms with Gasteiger partial charge in [-0.1, -0.05) is 48.0 Å².